The minimum atomic E-state index is -0.701. The van der Waals surface area contributed by atoms with Crippen LogP contribution in [0.5, 0.6) is 11.5 Å². The summed E-state index contributed by atoms with van der Waals surface area (Å²) in [5.74, 6) is -0.235. The fourth-order valence-corrected chi connectivity index (χ4v) is 2.48. The number of nitrogens with one attached hydrogen (secondary N) is 1. The molecule has 2 aromatic rings. The summed E-state index contributed by atoms with van der Waals surface area (Å²) in [6, 6.07) is 12.1. The summed E-state index contributed by atoms with van der Waals surface area (Å²) in [7, 11) is 1.43. The Hall–Kier alpha value is -3.35. The number of esters is 1. The van der Waals surface area contributed by atoms with Crippen molar-refractivity contribution in [1.82, 2.24) is 0 Å². The largest absolute Gasteiger partial charge is 0.493 e. The number of carbonyl (C=O) groups excluding carboxylic acids is 3. The van der Waals surface area contributed by atoms with Crippen LogP contribution in [0.25, 0.3) is 0 Å². The summed E-state index contributed by atoms with van der Waals surface area (Å²) in [6.45, 7) is 4.79. The van der Waals surface area contributed by atoms with Gasteiger partial charge in [-0.05, 0) is 48.7 Å². The highest BCUT2D eigenvalue weighted by Crippen LogP contribution is 2.28. The smallest absolute Gasteiger partial charge is 0.344 e. The number of benzene rings is 2. The van der Waals surface area contributed by atoms with Crippen molar-refractivity contribution in [2.24, 2.45) is 0 Å². The molecule has 1 amide bonds. The molecule has 2 aromatic carbocycles. The zero-order chi connectivity index (χ0) is 21.4. The molecule has 0 aromatic heterocycles. The van der Waals surface area contributed by atoms with E-state index in [-0.39, 0.29) is 5.78 Å². The summed E-state index contributed by atoms with van der Waals surface area (Å²) in [4.78, 5) is 35.2. The molecule has 0 saturated heterocycles. The van der Waals surface area contributed by atoms with Gasteiger partial charge in [-0.15, -0.1) is 0 Å². The van der Waals surface area contributed by atoms with E-state index in [1.807, 2.05) is 12.1 Å². The summed E-state index contributed by atoms with van der Waals surface area (Å²) < 4.78 is 15.5. The molecule has 7 nitrogen and oxygen atoms in total. The van der Waals surface area contributed by atoms with Crippen LogP contribution in [-0.2, 0) is 14.3 Å². The first kappa shape index (κ1) is 21.9. The monoisotopic (exact) mass is 399 g/mol. The Bertz CT molecular complexity index is 873. The molecule has 0 aliphatic rings. The van der Waals surface area contributed by atoms with Gasteiger partial charge in [-0.25, -0.2) is 4.79 Å². The van der Waals surface area contributed by atoms with Gasteiger partial charge in [0, 0.05) is 11.3 Å². The van der Waals surface area contributed by atoms with E-state index in [1.165, 1.54) is 31.7 Å². The predicted octanol–water partition coefficient (Wildman–Crippen LogP) is 3.58. The van der Waals surface area contributed by atoms with Crippen LogP contribution < -0.4 is 14.8 Å². The van der Waals surface area contributed by atoms with Gasteiger partial charge in [0.15, 0.2) is 30.5 Å². The van der Waals surface area contributed by atoms with Crippen molar-refractivity contribution in [2.45, 2.75) is 26.7 Å². The lowest BCUT2D eigenvalue weighted by Gasteiger charge is -2.11. The third-order valence-electron chi connectivity index (χ3n) is 4.14. The average Bonchev–Trinajstić information content (AvgIpc) is 2.70. The Balaban J connectivity index is 1.81. The summed E-state index contributed by atoms with van der Waals surface area (Å²) in [6.07, 6.45) is 0. The van der Waals surface area contributed by atoms with E-state index in [2.05, 4.69) is 19.2 Å². The van der Waals surface area contributed by atoms with Crippen molar-refractivity contribution in [3.8, 4) is 11.5 Å². The van der Waals surface area contributed by atoms with Gasteiger partial charge >= 0.3 is 5.97 Å². The number of hydrogen-bond donors (Lipinski definition) is 1. The van der Waals surface area contributed by atoms with Crippen LogP contribution in [0.4, 0.5) is 5.69 Å². The van der Waals surface area contributed by atoms with E-state index in [4.69, 9.17) is 14.2 Å². The molecule has 0 aliphatic carbocycles. The summed E-state index contributed by atoms with van der Waals surface area (Å²) in [5.41, 5.74) is 2.26. The number of carbonyl (C=O) groups is 3. The van der Waals surface area contributed by atoms with Crippen LogP contribution in [-0.4, -0.2) is 38.0 Å². The second-order valence-electron chi connectivity index (χ2n) is 6.70. The van der Waals surface area contributed by atoms with Crippen molar-refractivity contribution < 1.29 is 28.6 Å². The number of ketones is 1. The van der Waals surface area contributed by atoms with E-state index < -0.39 is 25.1 Å². The quantitative estimate of drug-likeness (QED) is 0.512. The molecular formula is C22H25NO6. The Morgan fingerprint density at radius 1 is 0.966 bits per heavy atom. The minimum Gasteiger partial charge on any atom is -0.493 e. The van der Waals surface area contributed by atoms with Gasteiger partial charge in [0.25, 0.3) is 5.91 Å². The van der Waals surface area contributed by atoms with Crippen molar-refractivity contribution >= 4 is 23.3 Å². The maximum Gasteiger partial charge on any atom is 0.344 e. The van der Waals surface area contributed by atoms with E-state index in [1.54, 1.807) is 18.2 Å². The van der Waals surface area contributed by atoms with E-state index in [9.17, 15) is 14.4 Å². The molecule has 0 radical (unpaired) electrons. The van der Waals surface area contributed by atoms with Gasteiger partial charge in [-0.1, -0.05) is 26.0 Å². The molecule has 2 rings (SSSR count). The third kappa shape index (κ3) is 6.64. The Labute approximate surface area is 170 Å². The molecule has 0 fully saturated rings. The van der Waals surface area contributed by atoms with Gasteiger partial charge < -0.3 is 19.5 Å². The molecule has 0 bridgehead atoms. The molecule has 7 heteroatoms. The van der Waals surface area contributed by atoms with Gasteiger partial charge in [0.05, 0.1) is 7.11 Å². The summed E-state index contributed by atoms with van der Waals surface area (Å²) >= 11 is 0. The lowest BCUT2D eigenvalue weighted by Crippen LogP contribution is -2.23. The van der Waals surface area contributed by atoms with Crippen LogP contribution >= 0.6 is 0 Å². The molecule has 29 heavy (non-hydrogen) atoms. The number of amides is 1. The number of rotatable bonds is 9. The molecule has 154 valence electrons. The van der Waals surface area contributed by atoms with Gasteiger partial charge in [0.2, 0.25) is 0 Å². The number of anilines is 1. The first-order chi connectivity index (χ1) is 13.8. The molecular weight excluding hydrogens is 374 g/mol. The molecule has 0 aliphatic heterocycles. The third-order valence-corrected chi connectivity index (χ3v) is 4.14. The SMILES string of the molecule is COc1cc(C(C)=O)ccc1OCC(=O)OCC(=O)Nc1ccc(C(C)C)cc1. The Kier molecular flexibility index (Phi) is 7.77. The summed E-state index contributed by atoms with van der Waals surface area (Å²) in [5, 5.41) is 2.66. The van der Waals surface area contributed by atoms with Gasteiger partial charge in [-0.3, -0.25) is 9.59 Å². The second kappa shape index (κ2) is 10.3. The maximum absolute atomic E-state index is 11.9. The first-order valence-corrected chi connectivity index (χ1v) is 9.17. The lowest BCUT2D eigenvalue weighted by molar-refractivity contribution is -0.149. The van der Waals surface area contributed by atoms with Crippen molar-refractivity contribution in [3.05, 3.63) is 53.6 Å². The highest BCUT2D eigenvalue weighted by atomic mass is 16.6. The molecule has 0 spiro atoms. The molecule has 0 unspecified atom stereocenters. The highest BCUT2D eigenvalue weighted by Gasteiger charge is 2.12. The number of ether oxygens (including phenoxy) is 3. The zero-order valence-corrected chi connectivity index (χ0v) is 17.0. The van der Waals surface area contributed by atoms with E-state index >= 15 is 0 Å². The van der Waals surface area contributed by atoms with Crippen LogP contribution in [0.3, 0.4) is 0 Å². The van der Waals surface area contributed by atoms with E-state index in [0.29, 0.717) is 28.7 Å². The van der Waals surface area contributed by atoms with E-state index in [0.717, 1.165) is 0 Å². The average molecular weight is 399 g/mol. The topological polar surface area (TPSA) is 90.9 Å². The van der Waals surface area contributed by atoms with Crippen molar-refractivity contribution in [1.29, 1.82) is 0 Å². The Morgan fingerprint density at radius 2 is 1.66 bits per heavy atom. The van der Waals surface area contributed by atoms with Gasteiger partial charge in [-0.2, -0.15) is 0 Å². The fraction of sp³-hybridized carbons (Fsp3) is 0.318. The fourth-order valence-electron chi connectivity index (χ4n) is 2.48. The molecule has 0 atom stereocenters. The zero-order valence-electron chi connectivity index (χ0n) is 17.0. The maximum atomic E-state index is 11.9. The highest BCUT2D eigenvalue weighted by molar-refractivity contribution is 5.95. The molecule has 0 saturated carbocycles. The minimum absolute atomic E-state index is 0.112. The predicted molar refractivity (Wildman–Crippen MR) is 109 cm³/mol. The normalized spacial score (nSPS) is 10.4. The number of Topliss-reactive ketones (excluding diaryl/α,β-unsaturated/α-hetero) is 1. The standard InChI is InChI=1S/C22H25NO6/c1-14(2)16-5-8-18(9-6-16)23-21(25)12-29-22(26)13-28-19-10-7-17(15(3)24)11-20(19)27-4/h5-11,14H,12-13H2,1-4H3,(H,23,25). The molecule has 1 N–H and O–H groups in total. The molecule has 0 heterocycles. The van der Waals surface area contributed by atoms with Gasteiger partial charge in [0.1, 0.15) is 0 Å². The van der Waals surface area contributed by atoms with Crippen molar-refractivity contribution in [2.75, 3.05) is 25.6 Å². The van der Waals surface area contributed by atoms with Crippen LogP contribution in [0.2, 0.25) is 0 Å². The lowest BCUT2D eigenvalue weighted by atomic mass is 10.0. The van der Waals surface area contributed by atoms with Crippen LogP contribution in [0.1, 0.15) is 42.6 Å². The number of methoxy groups -OCH3 is 1. The van der Waals surface area contributed by atoms with Crippen molar-refractivity contribution in [3.63, 3.8) is 0 Å². The van der Waals surface area contributed by atoms with Crippen LogP contribution in [0.15, 0.2) is 42.5 Å². The van der Waals surface area contributed by atoms with Crippen LogP contribution in [0, 0.1) is 0 Å². The Morgan fingerprint density at radius 3 is 2.24 bits per heavy atom. The number of hydrogen-bond acceptors (Lipinski definition) is 6. The first-order valence-electron chi connectivity index (χ1n) is 9.17. The second-order valence-corrected chi connectivity index (χ2v) is 6.70.